The Hall–Kier alpha value is -3.15. The van der Waals surface area contributed by atoms with Crippen molar-refractivity contribution in [2.75, 3.05) is 20.3 Å². The fourth-order valence-corrected chi connectivity index (χ4v) is 2.72. The molecule has 2 aromatic carbocycles. The van der Waals surface area contributed by atoms with E-state index < -0.39 is 0 Å². The van der Waals surface area contributed by atoms with Gasteiger partial charge >= 0.3 is 0 Å². The Balaban J connectivity index is 1.57. The molecule has 128 valence electrons. The lowest BCUT2D eigenvalue weighted by Gasteiger charge is -2.14. The molecule has 0 bridgehead atoms. The number of hydrogen-bond donors (Lipinski definition) is 0. The number of amides is 2. The van der Waals surface area contributed by atoms with Crippen LogP contribution in [0.3, 0.4) is 0 Å². The summed E-state index contributed by atoms with van der Waals surface area (Å²) in [5.41, 5.74) is 1.26. The molecule has 0 spiro atoms. The lowest BCUT2D eigenvalue weighted by Crippen LogP contribution is -2.31. The van der Waals surface area contributed by atoms with Crippen LogP contribution < -0.4 is 9.47 Å². The Morgan fingerprint density at radius 1 is 1.04 bits per heavy atom. The van der Waals surface area contributed by atoms with Crippen LogP contribution in [0.15, 0.2) is 42.5 Å². The van der Waals surface area contributed by atoms with Gasteiger partial charge in [-0.15, -0.1) is 0 Å². The maximum absolute atomic E-state index is 12.2. The van der Waals surface area contributed by atoms with Gasteiger partial charge in [0.2, 0.25) is 0 Å². The summed E-state index contributed by atoms with van der Waals surface area (Å²) in [5, 5.41) is 0. The van der Waals surface area contributed by atoms with Crippen LogP contribution in [0.4, 0.5) is 0 Å². The van der Waals surface area contributed by atoms with E-state index in [0.29, 0.717) is 40.9 Å². The van der Waals surface area contributed by atoms with Gasteiger partial charge in [0.1, 0.15) is 11.5 Å². The van der Waals surface area contributed by atoms with Crippen LogP contribution in [0.2, 0.25) is 0 Å². The van der Waals surface area contributed by atoms with E-state index in [2.05, 4.69) is 0 Å². The number of nitrogens with zero attached hydrogens (tertiary/aromatic N) is 1. The van der Waals surface area contributed by atoms with Crippen LogP contribution in [-0.2, 0) is 0 Å². The molecule has 6 heteroatoms. The first-order valence-electron chi connectivity index (χ1n) is 7.87. The monoisotopic (exact) mass is 339 g/mol. The molecule has 0 atom stereocenters. The van der Waals surface area contributed by atoms with E-state index in [9.17, 15) is 14.4 Å². The van der Waals surface area contributed by atoms with Crippen molar-refractivity contribution >= 4 is 18.1 Å². The predicted molar refractivity (Wildman–Crippen MR) is 90.3 cm³/mol. The Kier molecular flexibility index (Phi) is 4.79. The Morgan fingerprint density at radius 2 is 1.72 bits per heavy atom. The minimum atomic E-state index is -0.279. The molecule has 2 aromatic rings. The molecule has 25 heavy (non-hydrogen) atoms. The summed E-state index contributed by atoms with van der Waals surface area (Å²) in [5.74, 6) is 0.455. The van der Waals surface area contributed by atoms with Crippen molar-refractivity contribution in [2.45, 2.75) is 6.42 Å². The zero-order valence-corrected chi connectivity index (χ0v) is 13.7. The van der Waals surface area contributed by atoms with Crippen molar-refractivity contribution in [3.05, 3.63) is 59.2 Å². The van der Waals surface area contributed by atoms with Crippen molar-refractivity contribution in [3.63, 3.8) is 0 Å². The van der Waals surface area contributed by atoms with Crippen LogP contribution >= 0.6 is 0 Å². The van der Waals surface area contributed by atoms with Crippen molar-refractivity contribution in [1.29, 1.82) is 0 Å². The summed E-state index contributed by atoms with van der Waals surface area (Å²) in [6.07, 6.45) is 1.16. The van der Waals surface area contributed by atoms with E-state index in [-0.39, 0.29) is 25.0 Å². The maximum Gasteiger partial charge on any atom is 0.261 e. The Morgan fingerprint density at radius 3 is 2.32 bits per heavy atom. The topological polar surface area (TPSA) is 72.9 Å². The highest BCUT2D eigenvalue weighted by Gasteiger charge is 2.34. The van der Waals surface area contributed by atoms with Crippen molar-refractivity contribution < 1.29 is 23.9 Å². The van der Waals surface area contributed by atoms with Crippen molar-refractivity contribution in [1.82, 2.24) is 4.90 Å². The molecule has 0 aliphatic carbocycles. The minimum absolute atomic E-state index is 0.263. The molecule has 1 aliphatic rings. The molecular formula is C19H17NO5. The number of fused-ring (bicyclic) bond motifs is 1. The standard InChI is InChI=1S/C19H17NO5/c1-24-14-7-8-17(13(11-14)12-21)25-10-4-9-20-18(22)15-5-2-3-6-16(15)19(20)23/h2-3,5-8,11-12H,4,9-10H2,1H3. The second kappa shape index (κ2) is 7.17. The number of imide groups is 1. The summed E-state index contributed by atoms with van der Waals surface area (Å²) in [7, 11) is 1.52. The number of ether oxygens (including phenoxy) is 2. The van der Waals surface area contributed by atoms with Crippen molar-refractivity contribution in [3.8, 4) is 11.5 Å². The molecule has 0 aromatic heterocycles. The molecule has 3 rings (SSSR count). The summed E-state index contributed by atoms with van der Waals surface area (Å²) in [4.78, 5) is 36.8. The third kappa shape index (κ3) is 3.24. The highest BCUT2D eigenvalue weighted by atomic mass is 16.5. The third-order valence-corrected chi connectivity index (χ3v) is 4.01. The second-order valence-electron chi connectivity index (χ2n) is 5.53. The zero-order chi connectivity index (χ0) is 17.8. The number of benzene rings is 2. The van der Waals surface area contributed by atoms with Gasteiger partial charge in [0.25, 0.3) is 11.8 Å². The lowest BCUT2D eigenvalue weighted by molar-refractivity contribution is 0.0646. The number of rotatable bonds is 7. The average Bonchev–Trinajstić information content (AvgIpc) is 2.90. The maximum atomic E-state index is 12.2. The quantitative estimate of drug-likeness (QED) is 0.440. The lowest BCUT2D eigenvalue weighted by atomic mass is 10.1. The Bertz CT molecular complexity index is 795. The molecule has 0 unspecified atom stereocenters. The third-order valence-electron chi connectivity index (χ3n) is 4.01. The Labute approximate surface area is 145 Å². The summed E-state index contributed by atoms with van der Waals surface area (Å²) >= 11 is 0. The van der Waals surface area contributed by atoms with Gasteiger partial charge in [-0.3, -0.25) is 19.3 Å². The van der Waals surface area contributed by atoms with Crippen LogP contribution in [0.5, 0.6) is 11.5 Å². The summed E-state index contributed by atoms with van der Waals surface area (Å²) < 4.78 is 10.7. The summed E-state index contributed by atoms with van der Waals surface area (Å²) in [6.45, 7) is 0.541. The molecule has 0 N–H and O–H groups in total. The van der Waals surface area contributed by atoms with E-state index in [1.54, 1.807) is 42.5 Å². The summed E-state index contributed by atoms with van der Waals surface area (Å²) in [6, 6.07) is 11.7. The van der Waals surface area contributed by atoms with Gasteiger partial charge in [0.05, 0.1) is 30.4 Å². The molecule has 2 amide bonds. The first kappa shape index (κ1) is 16.7. The first-order valence-corrected chi connectivity index (χ1v) is 7.87. The number of carbonyl (C=O) groups excluding carboxylic acids is 3. The van der Waals surface area contributed by atoms with Crippen LogP contribution in [0.1, 0.15) is 37.5 Å². The van der Waals surface area contributed by atoms with Gasteiger partial charge in [-0.2, -0.15) is 0 Å². The van der Waals surface area contributed by atoms with Gasteiger partial charge in [0.15, 0.2) is 6.29 Å². The average molecular weight is 339 g/mol. The smallest absolute Gasteiger partial charge is 0.261 e. The SMILES string of the molecule is COc1ccc(OCCCN2C(=O)c3ccccc3C2=O)c(C=O)c1. The highest BCUT2D eigenvalue weighted by molar-refractivity contribution is 6.21. The highest BCUT2D eigenvalue weighted by Crippen LogP contribution is 2.24. The number of carbonyl (C=O) groups is 3. The van der Waals surface area contributed by atoms with Gasteiger partial charge in [-0.25, -0.2) is 0 Å². The first-order chi connectivity index (χ1) is 12.2. The van der Waals surface area contributed by atoms with Crippen LogP contribution in [0.25, 0.3) is 0 Å². The van der Waals surface area contributed by atoms with Gasteiger partial charge in [0, 0.05) is 6.54 Å². The molecule has 6 nitrogen and oxygen atoms in total. The van der Waals surface area contributed by atoms with Crippen LogP contribution in [0, 0.1) is 0 Å². The molecule has 0 radical (unpaired) electrons. The van der Waals surface area contributed by atoms with Crippen LogP contribution in [-0.4, -0.2) is 43.3 Å². The fraction of sp³-hybridized carbons (Fsp3) is 0.211. The normalized spacial score (nSPS) is 12.9. The molecule has 0 saturated heterocycles. The van der Waals surface area contributed by atoms with Gasteiger partial charge < -0.3 is 9.47 Å². The van der Waals surface area contributed by atoms with E-state index in [1.807, 2.05) is 0 Å². The van der Waals surface area contributed by atoms with Gasteiger partial charge in [-0.05, 0) is 36.8 Å². The largest absolute Gasteiger partial charge is 0.497 e. The van der Waals surface area contributed by atoms with Crippen molar-refractivity contribution in [2.24, 2.45) is 0 Å². The zero-order valence-electron chi connectivity index (χ0n) is 13.7. The molecular weight excluding hydrogens is 322 g/mol. The molecule has 0 fully saturated rings. The molecule has 0 saturated carbocycles. The predicted octanol–water partition coefficient (Wildman–Crippen LogP) is 2.57. The number of hydrogen-bond acceptors (Lipinski definition) is 5. The van der Waals surface area contributed by atoms with E-state index in [1.165, 1.54) is 12.0 Å². The molecule has 1 heterocycles. The van der Waals surface area contributed by atoms with E-state index in [4.69, 9.17) is 9.47 Å². The molecule has 1 aliphatic heterocycles. The second-order valence-corrected chi connectivity index (χ2v) is 5.53. The van der Waals surface area contributed by atoms with E-state index >= 15 is 0 Å². The number of methoxy groups -OCH3 is 1. The van der Waals surface area contributed by atoms with E-state index in [0.717, 1.165) is 0 Å². The fourth-order valence-electron chi connectivity index (χ4n) is 2.72. The minimum Gasteiger partial charge on any atom is -0.497 e. The number of aldehydes is 1. The van der Waals surface area contributed by atoms with Gasteiger partial charge in [-0.1, -0.05) is 12.1 Å².